The van der Waals surface area contributed by atoms with Crippen molar-refractivity contribution in [2.45, 2.75) is 17.9 Å². The number of sulfonamides is 1. The molecule has 98 valence electrons. The Labute approximate surface area is 106 Å². The van der Waals surface area contributed by atoms with Crippen molar-refractivity contribution in [2.75, 3.05) is 27.3 Å². The van der Waals surface area contributed by atoms with Crippen LogP contribution in [0.15, 0.2) is 16.3 Å². The summed E-state index contributed by atoms with van der Waals surface area (Å²) in [6.45, 7) is 1.24. The normalized spacial score (nSPS) is 12.2. The Morgan fingerprint density at radius 3 is 2.82 bits per heavy atom. The molecule has 1 aromatic heterocycles. The van der Waals surface area contributed by atoms with Gasteiger partial charge in [0.05, 0.1) is 4.90 Å². The van der Waals surface area contributed by atoms with E-state index in [1.807, 2.05) is 0 Å². The van der Waals surface area contributed by atoms with E-state index >= 15 is 0 Å². The van der Waals surface area contributed by atoms with E-state index in [1.165, 1.54) is 15.6 Å². The van der Waals surface area contributed by atoms with Crippen LogP contribution in [0, 0.1) is 0 Å². The van der Waals surface area contributed by atoms with Crippen LogP contribution in [0.1, 0.15) is 11.3 Å². The van der Waals surface area contributed by atoms with Gasteiger partial charge in [-0.05, 0) is 17.9 Å². The van der Waals surface area contributed by atoms with Gasteiger partial charge in [-0.3, -0.25) is 0 Å². The molecule has 0 aliphatic heterocycles. The van der Waals surface area contributed by atoms with Crippen molar-refractivity contribution in [3.8, 4) is 0 Å². The lowest BCUT2D eigenvalue weighted by molar-refractivity contribution is 0.189. The van der Waals surface area contributed by atoms with E-state index in [1.54, 1.807) is 25.6 Å². The summed E-state index contributed by atoms with van der Waals surface area (Å²) in [5.41, 5.74) is 5.52. The quantitative estimate of drug-likeness (QED) is 0.751. The summed E-state index contributed by atoms with van der Waals surface area (Å²) in [5.74, 6) is 0. The van der Waals surface area contributed by atoms with Crippen LogP contribution in [-0.4, -0.2) is 40.0 Å². The minimum atomic E-state index is -3.41. The first-order valence-corrected chi connectivity index (χ1v) is 7.57. The minimum Gasteiger partial charge on any atom is -0.385 e. The van der Waals surface area contributed by atoms with Crippen molar-refractivity contribution in [3.63, 3.8) is 0 Å². The molecule has 0 spiro atoms. The summed E-state index contributed by atoms with van der Waals surface area (Å²) >= 11 is 1.37. The average Bonchev–Trinajstić information content (AvgIpc) is 2.77. The van der Waals surface area contributed by atoms with Crippen molar-refractivity contribution in [3.05, 3.63) is 16.3 Å². The molecule has 0 amide bonds. The molecule has 0 unspecified atom stereocenters. The second-order valence-corrected chi connectivity index (χ2v) is 6.60. The molecule has 0 aliphatic carbocycles. The fourth-order valence-corrected chi connectivity index (χ4v) is 3.94. The van der Waals surface area contributed by atoms with Gasteiger partial charge in [-0.15, -0.1) is 11.3 Å². The maximum atomic E-state index is 12.2. The fourth-order valence-electron chi connectivity index (χ4n) is 1.43. The Morgan fingerprint density at radius 2 is 2.24 bits per heavy atom. The second-order valence-electron chi connectivity index (χ2n) is 3.59. The average molecular weight is 278 g/mol. The van der Waals surface area contributed by atoms with E-state index in [9.17, 15) is 8.42 Å². The number of hydrogen-bond donors (Lipinski definition) is 1. The van der Waals surface area contributed by atoms with Gasteiger partial charge in [0.2, 0.25) is 10.0 Å². The third-order valence-corrected chi connectivity index (χ3v) is 5.41. The Hall–Kier alpha value is -0.470. The summed E-state index contributed by atoms with van der Waals surface area (Å²) in [6, 6.07) is 1.61. The highest BCUT2D eigenvalue weighted by atomic mass is 32.2. The molecular weight excluding hydrogens is 260 g/mol. The van der Waals surface area contributed by atoms with Gasteiger partial charge in [-0.2, -0.15) is 0 Å². The highest BCUT2D eigenvalue weighted by Gasteiger charge is 2.23. The molecule has 1 rings (SSSR count). The monoisotopic (exact) mass is 278 g/mol. The van der Waals surface area contributed by atoms with Crippen LogP contribution in [0.25, 0.3) is 0 Å². The van der Waals surface area contributed by atoms with Gasteiger partial charge in [0.25, 0.3) is 0 Å². The van der Waals surface area contributed by atoms with Crippen LogP contribution in [-0.2, 0) is 21.3 Å². The molecule has 0 atom stereocenters. The number of methoxy groups -OCH3 is 1. The molecule has 1 aromatic rings. The maximum Gasteiger partial charge on any atom is 0.243 e. The molecule has 0 saturated heterocycles. The lowest BCUT2D eigenvalue weighted by Crippen LogP contribution is -2.29. The first-order valence-electron chi connectivity index (χ1n) is 5.25. The number of ether oxygens (including phenoxy) is 1. The molecule has 2 N–H and O–H groups in total. The van der Waals surface area contributed by atoms with Crippen molar-refractivity contribution >= 4 is 21.4 Å². The zero-order valence-electron chi connectivity index (χ0n) is 10.0. The van der Waals surface area contributed by atoms with Crippen LogP contribution in [0.5, 0.6) is 0 Å². The topological polar surface area (TPSA) is 72.6 Å². The first kappa shape index (κ1) is 14.6. The largest absolute Gasteiger partial charge is 0.385 e. The van der Waals surface area contributed by atoms with Gasteiger partial charge in [-0.1, -0.05) is 0 Å². The maximum absolute atomic E-state index is 12.2. The molecule has 0 saturated carbocycles. The number of rotatable bonds is 7. The Morgan fingerprint density at radius 1 is 1.53 bits per heavy atom. The number of nitrogens with two attached hydrogens (primary N) is 1. The second kappa shape index (κ2) is 6.46. The summed E-state index contributed by atoms with van der Waals surface area (Å²) in [4.78, 5) is 1.02. The van der Waals surface area contributed by atoms with E-state index in [-0.39, 0.29) is 6.54 Å². The first-order chi connectivity index (χ1) is 8.04. The van der Waals surface area contributed by atoms with Gasteiger partial charge >= 0.3 is 0 Å². The zero-order chi connectivity index (χ0) is 12.9. The Bertz CT molecular complexity index is 442. The summed E-state index contributed by atoms with van der Waals surface area (Å²) < 4.78 is 30.6. The number of thiophene rings is 1. The predicted octanol–water partition coefficient (Wildman–Crippen LogP) is 0.864. The third-order valence-electron chi connectivity index (χ3n) is 2.40. The molecular formula is C10H18N2O3S2. The third kappa shape index (κ3) is 3.49. The SMILES string of the molecule is COCCCN(C)S(=O)(=O)c1ccsc1CN. The van der Waals surface area contributed by atoms with Crippen molar-refractivity contribution in [1.29, 1.82) is 0 Å². The lowest BCUT2D eigenvalue weighted by atomic mass is 10.4. The van der Waals surface area contributed by atoms with Crippen molar-refractivity contribution in [2.24, 2.45) is 5.73 Å². The standard InChI is InChI=1S/C10H18N2O3S2/c1-12(5-3-6-15-2)17(13,14)10-4-7-16-9(10)8-11/h4,7H,3,5-6,8,11H2,1-2H3. The van der Waals surface area contributed by atoms with Crippen LogP contribution >= 0.6 is 11.3 Å². The smallest absolute Gasteiger partial charge is 0.243 e. The highest BCUT2D eigenvalue weighted by molar-refractivity contribution is 7.89. The van der Waals surface area contributed by atoms with E-state index in [0.717, 1.165) is 0 Å². The van der Waals surface area contributed by atoms with Crippen LogP contribution in [0.2, 0.25) is 0 Å². The van der Waals surface area contributed by atoms with Crippen molar-refractivity contribution in [1.82, 2.24) is 4.31 Å². The molecule has 7 heteroatoms. The molecule has 0 radical (unpaired) electrons. The van der Waals surface area contributed by atoms with E-state index in [0.29, 0.717) is 29.3 Å². The molecule has 0 bridgehead atoms. The minimum absolute atomic E-state index is 0.248. The van der Waals surface area contributed by atoms with Gasteiger partial charge in [0, 0.05) is 38.7 Å². The molecule has 1 heterocycles. The van der Waals surface area contributed by atoms with Crippen LogP contribution in [0.3, 0.4) is 0 Å². The van der Waals surface area contributed by atoms with Crippen LogP contribution < -0.4 is 5.73 Å². The lowest BCUT2D eigenvalue weighted by Gasteiger charge is -2.16. The van der Waals surface area contributed by atoms with Gasteiger partial charge in [-0.25, -0.2) is 12.7 Å². The molecule has 0 aromatic carbocycles. The summed E-state index contributed by atoms with van der Waals surface area (Å²) in [5, 5.41) is 1.75. The molecule has 0 fully saturated rings. The predicted molar refractivity (Wildman–Crippen MR) is 68.5 cm³/mol. The Balaban J connectivity index is 2.80. The van der Waals surface area contributed by atoms with Gasteiger partial charge in [0.15, 0.2) is 0 Å². The van der Waals surface area contributed by atoms with E-state index in [4.69, 9.17) is 10.5 Å². The zero-order valence-corrected chi connectivity index (χ0v) is 11.7. The highest BCUT2D eigenvalue weighted by Crippen LogP contribution is 2.24. The Kier molecular flexibility index (Phi) is 5.54. The molecule has 0 aliphatic rings. The fraction of sp³-hybridized carbons (Fsp3) is 0.600. The van der Waals surface area contributed by atoms with Gasteiger partial charge in [0.1, 0.15) is 0 Å². The molecule has 5 nitrogen and oxygen atoms in total. The number of nitrogens with zero attached hydrogens (tertiary/aromatic N) is 1. The van der Waals surface area contributed by atoms with E-state index in [2.05, 4.69) is 0 Å². The van der Waals surface area contributed by atoms with Gasteiger partial charge < -0.3 is 10.5 Å². The molecule has 17 heavy (non-hydrogen) atoms. The van der Waals surface area contributed by atoms with Crippen molar-refractivity contribution < 1.29 is 13.2 Å². The van der Waals surface area contributed by atoms with E-state index < -0.39 is 10.0 Å². The summed E-state index contributed by atoms with van der Waals surface area (Å²) in [6.07, 6.45) is 0.675. The van der Waals surface area contributed by atoms with Crippen LogP contribution in [0.4, 0.5) is 0 Å². The summed E-state index contributed by atoms with van der Waals surface area (Å²) in [7, 11) is -0.241. The number of hydrogen-bond acceptors (Lipinski definition) is 5.